The molecule has 0 fully saturated rings. The summed E-state index contributed by atoms with van der Waals surface area (Å²) in [5, 5.41) is 3.53. The number of Topliss-reactive ketones (excluding diaryl/α,β-unsaturated/α-hetero) is 1. The third-order valence-electron chi connectivity index (χ3n) is 5.46. The van der Waals surface area contributed by atoms with Crippen LogP contribution in [0.4, 0.5) is 0 Å². The van der Waals surface area contributed by atoms with E-state index in [9.17, 15) is 9.00 Å². The summed E-state index contributed by atoms with van der Waals surface area (Å²) >= 11 is 0. The fourth-order valence-electron chi connectivity index (χ4n) is 3.92. The molecule has 0 aliphatic heterocycles. The van der Waals surface area contributed by atoms with Gasteiger partial charge in [-0.3, -0.25) is 9.00 Å². The highest BCUT2D eigenvalue weighted by molar-refractivity contribution is 7.96. The summed E-state index contributed by atoms with van der Waals surface area (Å²) in [7, 11) is -3.37. The van der Waals surface area contributed by atoms with E-state index in [1.807, 2.05) is 66.7 Å². The van der Waals surface area contributed by atoms with Crippen molar-refractivity contribution in [2.45, 2.75) is 4.90 Å². The molecule has 0 bridgehead atoms. The highest BCUT2D eigenvalue weighted by atomic mass is 32.2. The zero-order valence-electron chi connectivity index (χ0n) is 17.3. The molecule has 4 rings (SSSR count). The van der Waals surface area contributed by atoms with E-state index in [1.54, 1.807) is 18.4 Å². The highest BCUT2D eigenvalue weighted by Crippen LogP contribution is 2.55. The van der Waals surface area contributed by atoms with Gasteiger partial charge in [0.05, 0.1) is 0 Å². The molecule has 0 aromatic heterocycles. The van der Waals surface area contributed by atoms with Crippen molar-refractivity contribution < 1.29 is 9.00 Å². The number of benzene rings is 4. The zero-order valence-corrected chi connectivity index (χ0v) is 19.1. The van der Waals surface area contributed by atoms with Crippen molar-refractivity contribution >= 4 is 39.8 Å². The third kappa shape index (κ3) is 4.44. The van der Waals surface area contributed by atoms with Crippen LogP contribution in [-0.4, -0.2) is 22.4 Å². The third-order valence-corrected chi connectivity index (χ3v) is 10.7. The van der Waals surface area contributed by atoms with Crippen LogP contribution in [0.5, 0.6) is 0 Å². The number of hydrogen-bond acceptors (Lipinski definition) is 2. The lowest BCUT2D eigenvalue weighted by Gasteiger charge is -2.27. The number of carbonyl (C=O) groups excluding carboxylic acids is 1. The molecule has 0 N–H and O–H groups in total. The van der Waals surface area contributed by atoms with Gasteiger partial charge in [-0.2, -0.15) is 0 Å². The molecule has 4 heteroatoms. The van der Waals surface area contributed by atoms with Gasteiger partial charge in [0.2, 0.25) is 5.78 Å². The first-order valence-corrected chi connectivity index (χ1v) is 13.7. The maximum absolute atomic E-state index is 13.7. The van der Waals surface area contributed by atoms with Gasteiger partial charge in [-0.05, 0) is 48.5 Å². The summed E-state index contributed by atoms with van der Waals surface area (Å²) in [6, 6.07) is 38.3. The van der Waals surface area contributed by atoms with Gasteiger partial charge in [-0.15, -0.1) is 0 Å². The molecule has 1 atom stereocenters. The van der Waals surface area contributed by atoms with Crippen LogP contribution in [0.2, 0.25) is 0 Å². The lowest BCUT2D eigenvalue weighted by Crippen LogP contribution is -2.35. The minimum atomic E-state index is -2.24. The quantitative estimate of drug-likeness (QED) is 0.309. The highest BCUT2D eigenvalue weighted by Gasteiger charge is 2.47. The molecule has 4 aromatic carbocycles. The van der Waals surface area contributed by atoms with Crippen LogP contribution in [0.15, 0.2) is 120 Å². The summed E-state index contributed by atoms with van der Waals surface area (Å²) in [6.07, 6.45) is 2.02. The molecule has 0 saturated heterocycles. The maximum Gasteiger partial charge on any atom is 0.201 e. The van der Waals surface area contributed by atoms with Crippen LogP contribution in [0, 0.1) is 0 Å². The van der Waals surface area contributed by atoms with Crippen molar-refractivity contribution in [3.63, 3.8) is 0 Å². The van der Waals surface area contributed by atoms with Crippen molar-refractivity contribution in [1.82, 2.24) is 0 Å². The molecule has 4 aromatic rings. The Morgan fingerprint density at radius 1 is 0.677 bits per heavy atom. The molecule has 31 heavy (non-hydrogen) atoms. The Morgan fingerprint density at radius 2 is 1.13 bits per heavy atom. The van der Waals surface area contributed by atoms with Gasteiger partial charge in [-0.1, -0.05) is 66.7 Å². The molecule has 154 valence electrons. The SMILES string of the molecule is CS(=O)c1cccc(C(=O)C[P+](c2ccccc2)(c2ccccc2)c2ccccc2)c1. The van der Waals surface area contributed by atoms with Gasteiger partial charge < -0.3 is 0 Å². The first-order valence-electron chi connectivity index (χ1n) is 10.1. The van der Waals surface area contributed by atoms with Crippen molar-refractivity contribution in [3.05, 3.63) is 121 Å². The van der Waals surface area contributed by atoms with E-state index < -0.39 is 18.1 Å². The Balaban J connectivity index is 1.91. The smallest absolute Gasteiger partial charge is 0.201 e. The second-order valence-corrected chi connectivity index (χ2v) is 12.2. The van der Waals surface area contributed by atoms with E-state index in [1.165, 1.54) is 15.9 Å². The molecule has 0 aliphatic carbocycles. The van der Waals surface area contributed by atoms with Gasteiger partial charge in [0.25, 0.3) is 0 Å². The Labute approximate surface area is 186 Å². The van der Waals surface area contributed by atoms with E-state index in [-0.39, 0.29) is 5.78 Å². The Bertz CT molecular complexity index is 1090. The average molecular weight is 444 g/mol. The predicted molar refractivity (Wildman–Crippen MR) is 133 cm³/mol. The maximum atomic E-state index is 13.7. The zero-order chi connectivity index (χ0) is 21.7. The second-order valence-electron chi connectivity index (χ2n) is 7.38. The minimum Gasteiger partial charge on any atom is -0.290 e. The van der Waals surface area contributed by atoms with Crippen molar-refractivity contribution in [1.29, 1.82) is 0 Å². The lowest BCUT2D eigenvalue weighted by molar-refractivity contribution is 0.102. The van der Waals surface area contributed by atoms with Crippen molar-refractivity contribution in [3.8, 4) is 0 Å². The summed E-state index contributed by atoms with van der Waals surface area (Å²) in [5.41, 5.74) is 0.611. The molecular formula is C27H24O2PS+. The predicted octanol–water partition coefficient (Wildman–Crippen LogP) is 4.60. The second kappa shape index (κ2) is 9.51. The largest absolute Gasteiger partial charge is 0.290 e. The summed E-state index contributed by atoms with van der Waals surface area (Å²) in [5.74, 6) is 0.0668. The van der Waals surface area contributed by atoms with E-state index >= 15 is 0 Å². The van der Waals surface area contributed by atoms with Gasteiger partial charge >= 0.3 is 0 Å². The molecule has 0 saturated carbocycles. The van der Waals surface area contributed by atoms with Gasteiger partial charge in [0.1, 0.15) is 29.3 Å². The van der Waals surface area contributed by atoms with E-state index in [0.717, 1.165) is 0 Å². The first-order chi connectivity index (χ1) is 15.1. The first kappa shape index (κ1) is 21.4. The molecule has 0 spiro atoms. The monoisotopic (exact) mass is 443 g/mol. The van der Waals surface area contributed by atoms with Crippen LogP contribution in [0.25, 0.3) is 0 Å². The number of hydrogen-bond donors (Lipinski definition) is 0. The van der Waals surface area contributed by atoms with E-state index in [0.29, 0.717) is 16.6 Å². The van der Waals surface area contributed by atoms with Gasteiger partial charge in [0, 0.05) is 27.5 Å². The fourth-order valence-corrected chi connectivity index (χ4v) is 8.59. The van der Waals surface area contributed by atoms with Crippen LogP contribution in [0.3, 0.4) is 0 Å². The molecule has 0 amide bonds. The Kier molecular flexibility index (Phi) is 6.56. The molecule has 0 heterocycles. The van der Waals surface area contributed by atoms with E-state index in [2.05, 4.69) is 36.4 Å². The minimum absolute atomic E-state index is 0.0668. The summed E-state index contributed by atoms with van der Waals surface area (Å²) in [4.78, 5) is 14.4. The lowest BCUT2D eigenvalue weighted by atomic mass is 10.1. The Morgan fingerprint density at radius 3 is 1.55 bits per heavy atom. The topological polar surface area (TPSA) is 34.1 Å². The molecule has 0 radical (unpaired) electrons. The van der Waals surface area contributed by atoms with Crippen LogP contribution >= 0.6 is 7.26 Å². The molecular weight excluding hydrogens is 419 g/mol. The van der Waals surface area contributed by atoms with Crippen LogP contribution in [0.1, 0.15) is 10.4 Å². The summed E-state index contributed by atoms with van der Waals surface area (Å²) in [6.45, 7) is 0. The molecule has 1 unspecified atom stereocenters. The fraction of sp³-hybridized carbons (Fsp3) is 0.0741. The standard InChI is InChI=1S/C27H24O2PS/c1-31(29)26-19-11-12-22(20-26)27(28)21-30(23-13-5-2-6-14-23,24-15-7-3-8-16-24)25-17-9-4-10-18-25/h2-20H,21H2,1H3/q+1. The number of rotatable bonds is 7. The van der Waals surface area contributed by atoms with E-state index in [4.69, 9.17) is 0 Å². The summed E-state index contributed by atoms with van der Waals surface area (Å²) < 4.78 is 12.0. The molecule has 0 aliphatic rings. The van der Waals surface area contributed by atoms with Gasteiger partial charge in [0.15, 0.2) is 0 Å². The van der Waals surface area contributed by atoms with Crippen LogP contribution in [-0.2, 0) is 10.8 Å². The average Bonchev–Trinajstić information content (AvgIpc) is 2.84. The van der Waals surface area contributed by atoms with Gasteiger partial charge in [-0.25, -0.2) is 0 Å². The number of carbonyl (C=O) groups is 1. The van der Waals surface area contributed by atoms with Crippen molar-refractivity contribution in [2.24, 2.45) is 0 Å². The van der Waals surface area contributed by atoms with Crippen molar-refractivity contribution in [2.75, 3.05) is 12.4 Å². The Hall–Kier alpha value is -2.87. The van der Waals surface area contributed by atoms with Crippen LogP contribution < -0.4 is 15.9 Å². The molecule has 2 nitrogen and oxygen atoms in total. The number of ketones is 1. The normalized spacial score (nSPS) is 12.3.